The van der Waals surface area contributed by atoms with Gasteiger partial charge in [-0.15, -0.1) is 11.3 Å². The van der Waals surface area contributed by atoms with E-state index in [-0.39, 0.29) is 11.0 Å². The first-order valence-corrected chi connectivity index (χ1v) is 6.63. The third kappa shape index (κ3) is 4.07. The summed E-state index contributed by atoms with van der Waals surface area (Å²) in [5.74, 6) is 0.107. The summed E-state index contributed by atoms with van der Waals surface area (Å²) in [6.07, 6.45) is -3.82. The van der Waals surface area contributed by atoms with Crippen LogP contribution in [0.25, 0.3) is 0 Å². The number of rotatable bonds is 4. The highest BCUT2D eigenvalue weighted by atomic mass is 35.5. The first-order chi connectivity index (χ1) is 8.95. The number of pyridine rings is 1. The number of alkyl halides is 3. The molecule has 0 aliphatic rings. The number of hydrogen-bond acceptors (Lipinski definition) is 4. The second-order valence-corrected chi connectivity index (χ2v) is 4.82. The van der Waals surface area contributed by atoms with E-state index in [1.807, 2.05) is 5.38 Å². The second kappa shape index (κ2) is 5.75. The van der Waals surface area contributed by atoms with Crippen molar-refractivity contribution in [3.8, 4) is 0 Å². The van der Waals surface area contributed by atoms with E-state index in [0.717, 1.165) is 17.8 Å². The molecule has 3 nitrogen and oxygen atoms in total. The Hall–Kier alpha value is -1.34. The molecule has 1 N–H and O–H groups in total. The molecule has 0 radical (unpaired) electrons. The number of nitrogens with zero attached hydrogens (tertiary/aromatic N) is 2. The summed E-state index contributed by atoms with van der Waals surface area (Å²) in [4.78, 5) is 7.88. The van der Waals surface area contributed by atoms with Crippen LogP contribution >= 0.6 is 22.9 Å². The average Bonchev–Trinajstić information content (AvgIpc) is 2.80. The van der Waals surface area contributed by atoms with Gasteiger partial charge < -0.3 is 5.32 Å². The summed E-state index contributed by atoms with van der Waals surface area (Å²) >= 11 is 7.04. The van der Waals surface area contributed by atoms with E-state index >= 15 is 0 Å². The summed E-state index contributed by atoms with van der Waals surface area (Å²) in [6.45, 7) is 0.439. The van der Waals surface area contributed by atoms with Crippen LogP contribution in [0.1, 0.15) is 11.3 Å². The topological polar surface area (TPSA) is 37.8 Å². The molecular weight excluding hydrogens is 299 g/mol. The van der Waals surface area contributed by atoms with Crippen LogP contribution in [0, 0.1) is 0 Å². The number of nitrogens with one attached hydrogen (secondary N) is 1. The molecule has 0 saturated heterocycles. The van der Waals surface area contributed by atoms with Gasteiger partial charge in [0.05, 0.1) is 16.8 Å². The Morgan fingerprint density at radius 1 is 1.32 bits per heavy atom. The lowest BCUT2D eigenvalue weighted by Crippen LogP contribution is -2.10. The first-order valence-electron chi connectivity index (χ1n) is 5.31. The third-order valence-electron chi connectivity index (χ3n) is 2.29. The van der Waals surface area contributed by atoms with Gasteiger partial charge in [0.15, 0.2) is 0 Å². The van der Waals surface area contributed by atoms with Crippen LogP contribution in [0.5, 0.6) is 0 Å². The molecule has 0 atom stereocenters. The fraction of sp³-hybridized carbons (Fsp3) is 0.273. The molecule has 0 aliphatic heterocycles. The molecule has 2 aromatic rings. The molecule has 19 heavy (non-hydrogen) atoms. The molecule has 0 spiro atoms. The smallest absolute Gasteiger partial charge is 0.370 e. The second-order valence-electron chi connectivity index (χ2n) is 3.72. The van der Waals surface area contributed by atoms with Gasteiger partial charge in [-0.2, -0.15) is 13.2 Å². The quantitative estimate of drug-likeness (QED) is 0.872. The molecule has 0 bridgehead atoms. The molecule has 0 fully saturated rings. The van der Waals surface area contributed by atoms with Crippen LogP contribution in [0.15, 0.2) is 23.0 Å². The third-order valence-corrected chi connectivity index (χ3v) is 3.12. The fourth-order valence-corrected chi connectivity index (χ4v) is 2.23. The van der Waals surface area contributed by atoms with Crippen molar-refractivity contribution in [3.05, 3.63) is 39.4 Å². The van der Waals surface area contributed by atoms with E-state index in [9.17, 15) is 13.2 Å². The maximum absolute atomic E-state index is 12.6. The van der Waals surface area contributed by atoms with Gasteiger partial charge in [0.2, 0.25) is 0 Å². The molecule has 2 heterocycles. The predicted octanol–water partition coefficient (Wildman–Crippen LogP) is 3.86. The van der Waals surface area contributed by atoms with Crippen molar-refractivity contribution >= 4 is 28.8 Å². The SMILES string of the molecule is FC(F)(F)c1cc(Cl)nc(NCCc2cscn2)c1. The van der Waals surface area contributed by atoms with Crippen molar-refractivity contribution in [2.75, 3.05) is 11.9 Å². The Morgan fingerprint density at radius 2 is 2.11 bits per heavy atom. The Balaban J connectivity index is 2.02. The zero-order valence-corrected chi connectivity index (χ0v) is 11.1. The summed E-state index contributed by atoms with van der Waals surface area (Å²) < 4.78 is 37.7. The normalized spacial score (nSPS) is 11.6. The van der Waals surface area contributed by atoms with E-state index < -0.39 is 11.7 Å². The van der Waals surface area contributed by atoms with Gasteiger partial charge in [-0.1, -0.05) is 11.6 Å². The molecule has 0 aliphatic carbocycles. The van der Waals surface area contributed by atoms with Crippen molar-refractivity contribution in [3.63, 3.8) is 0 Å². The Bertz CT molecular complexity index is 543. The lowest BCUT2D eigenvalue weighted by molar-refractivity contribution is -0.137. The number of hydrogen-bond donors (Lipinski definition) is 1. The average molecular weight is 308 g/mol. The summed E-state index contributed by atoms with van der Waals surface area (Å²) in [5.41, 5.74) is 1.77. The standard InChI is InChI=1S/C11H9ClF3N3S/c12-9-3-7(11(13,14)15)4-10(18-9)16-2-1-8-5-19-6-17-8/h3-6H,1-2H2,(H,16,18). The minimum Gasteiger partial charge on any atom is -0.370 e. The van der Waals surface area contributed by atoms with Crippen LogP contribution in [0.4, 0.5) is 19.0 Å². The molecule has 0 unspecified atom stereocenters. The van der Waals surface area contributed by atoms with Crippen LogP contribution < -0.4 is 5.32 Å². The summed E-state index contributed by atoms with van der Waals surface area (Å²) in [6, 6.07) is 1.74. The Labute approximate surface area is 116 Å². The zero-order chi connectivity index (χ0) is 13.9. The van der Waals surface area contributed by atoms with Crippen LogP contribution in [0.3, 0.4) is 0 Å². The lowest BCUT2D eigenvalue weighted by atomic mass is 10.2. The van der Waals surface area contributed by atoms with Crippen molar-refractivity contribution in [1.29, 1.82) is 0 Å². The summed E-state index contributed by atoms with van der Waals surface area (Å²) in [7, 11) is 0. The molecule has 0 amide bonds. The minimum absolute atomic E-state index is 0.107. The Kier molecular flexibility index (Phi) is 4.26. The van der Waals surface area contributed by atoms with Crippen LogP contribution in [-0.4, -0.2) is 16.5 Å². The predicted molar refractivity (Wildman–Crippen MR) is 68.6 cm³/mol. The number of anilines is 1. The van der Waals surface area contributed by atoms with Crippen molar-refractivity contribution in [2.24, 2.45) is 0 Å². The minimum atomic E-state index is -4.43. The number of thiazole rings is 1. The number of halogens is 4. The molecule has 2 aromatic heterocycles. The van der Waals surface area contributed by atoms with Gasteiger partial charge in [-0.3, -0.25) is 0 Å². The monoisotopic (exact) mass is 307 g/mol. The maximum Gasteiger partial charge on any atom is 0.416 e. The summed E-state index contributed by atoms with van der Waals surface area (Å²) in [5, 5.41) is 4.50. The Morgan fingerprint density at radius 3 is 2.74 bits per heavy atom. The van der Waals surface area contributed by atoms with Gasteiger partial charge in [-0.25, -0.2) is 9.97 Å². The van der Waals surface area contributed by atoms with E-state index in [0.29, 0.717) is 13.0 Å². The van der Waals surface area contributed by atoms with Crippen molar-refractivity contribution < 1.29 is 13.2 Å². The largest absolute Gasteiger partial charge is 0.416 e. The molecule has 102 valence electrons. The zero-order valence-electron chi connectivity index (χ0n) is 9.54. The molecular formula is C11H9ClF3N3S. The van der Waals surface area contributed by atoms with E-state index in [4.69, 9.17) is 11.6 Å². The molecule has 2 rings (SSSR count). The first kappa shape index (κ1) is 14.1. The molecule has 0 aromatic carbocycles. The van der Waals surface area contributed by atoms with Gasteiger partial charge in [-0.05, 0) is 12.1 Å². The lowest BCUT2D eigenvalue weighted by Gasteiger charge is -2.10. The van der Waals surface area contributed by atoms with Gasteiger partial charge in [0, 0.05) is 18.3 Å². The van der Waals surface area contributed by atoms with E-state index in [2.05, 4.69) is 15.3 Å². The van der Waals surface area contributed by atoms with Crippen LogP contribution in [-0.2, 0) is 12.6 Å². The van der Waals surface area contributed by atoms with Crippen molar-refractivity contribution in [2.45, 2.75) is 12.6 Å². The van der Waals surface area contributed by atoms with Gasteiger partial charge in [0.1, 0.15) is 11.0 Å². The molecule has 0 saturated carbocycles. The van der Waals surface area contributed by atoms with E-state index in [1.165, 1.54) is 11.3 Å². The highest BCUT2D eigenvalue weighted by Gasteiger charge is 2.31. The fourth-order valence-electron chi connectivity index (χ4n) is 1.43. The van der Waals surface area contributed by atoms with Gasteiger partial charge >= 0.3 is 6.18 Å². The van der Waals surface area contributed by atoms with E-state index in [1.54, 1.807) is 5.51 Å². The van der Waals surface area contributed by atoms with Gasteiger partial charge in [0.25, 0.3) is 0 Å². The molecule has 8 heteroatoms. The van der Waals surface area contributed by atoms with Crippen LogP contribution in [0.2, 0.25) is 5.15 Å². The maximum atomic E-state index is 12.6. The number of aromatic nitrogens is 2. The van der Waals surface area contributed by atoms with Crippen molar-refractivity contribution in [1.82, 2.24) is 9.97 Å². The highest BCUT2D eigenvalue weighted by molar-refractivity contribution is 7.07. The highest BCUT2D eigenvalue weighted by Crippen LogP contribution is 2.31.